The molecule has 0 bridgehead atoms. The molecule has 0 radical (unpaired) electrons. The Kier molecular flexibility index (Phi) is 8.04. The highest BCUT2D eigenvalue weighted by molar-refractivity contribution is 7.41. The molecule has 0 amide bonds. The third kappa shape index (κ3) is 5.69. The fourth-order valence-electron chi connectivity index (χ4n) is 5.17. The largest absolute Gasteiger partial charge is 0.236 e. The number of thiazole rings is 2. The summed E-state index contributed by atoms with van der Waals surface area (Å²) in [5.74, 6) is 0. The Morgan fingerprint density at radius 1 is 0.644 bits per heavy atom. The third-order valence-electron chi connectivity index (χ3n) is 7.30. The molecule has 7 rings (SSSR count). The molecule has 0 fully saturated rings. The van der Waals surface area contributed by atoms with E-state index in [1.165, 1.54) is 20.5 Å². The molecule has 7 aromatic rings. The van der Waals surface area contributed by atoms with E-state index in [0.717, 1.165) is 47.8 Å². The molecule has 8 heteroatoms. The van der Waals surface area contributed by atoms with Gasteiger partial charge in [0.2, 0.25) is 0 Å². The number of nitrogens with zero attached hydrogens (tertiary/aromatic N) is 4. The first kappa shape index (κ1) is 28.8. The second-order valence-electron chi connectivity index (χ2n) is 10.1. The van der Waals surface area contributed by atoms with Crippen molar-refractivity contribution in [3.05, 3.63) is 128 Å². The van der Waals surface area contributed by atoms with E-state index in [4.69, 9.17) is 9.97 Å². The zero-order valence-corrected chi connectivity index (χ0v) is 27.2. The Labute approximate surface area is 276 Å². The van der Waals surface area contributed by atoms with E-state index >= 15 is 0 Å². The van der Waals surface area contributed by atoms with Gasteiger partial charge in [0.1, 0.15) is 10.0 Å². The van der Waals surface area contributed by atoms with Gasteiger partial charge in [-0.05, 0) is 41.3 Å². The van der Waals surface area contributed by atoms with Gasteiger partial charge >= 0.3 is 0 Å². The molecule has 0 aliphatic rings. The quantitative estimate of drug-likeness (QED) is 0.161. The number of allylic oxidation sites excluding steroid dienone is 2. The molecule has 0 saturated carbocycles. The summed E-state index contributed by atoms with van der Waals surface area (Å²) in [6, 6.07) is 34.5. The van der Waals surface area contributed by atoms with Crippen molar-refractivity contribution in [3.63, 3.8) is 0 Å². The van der Waals surface area contributed by atoms with E-state index in [1.807, 2.05) is 78.9 Å². The van der Waals surface area contributed by atoms with Crippen LogP contribution < -0.4 is 0 Å². The first-order chi connectivity index (χ1) is 22.1. The van der Waals surface area contributed by atoms with E-state index in [1.54, 1.807) is 45.3 Å². The first-order valence-electron chi connectivity index (χ1n) is 14.0. The zero-order chi connectivity index (χ0) is 30.8. The summed E-state index contributed by atoms with van der Waals surface area (Å²) in [4.78, 5) is 12.2. The van der Waals surface area contributed by atoms with Crippen LogP contribution in [0, 0.1) is 29.6 Å². The number of rotatable bonds is 7. The predicted molar refractivity (Wildman–Crippen MR) is 192 cm³/mol. The molecule has 0 aliphatic heterocycles. The van der Waals surface area contributed by atoms with Gasteiger partial charge in [0.15, 0.2) is 0 Å². The number of nitriles is 2. The van der Waals surface area contributed by atoms with E-state index in [9.17, 15) is 10.5 Å². The minimum atomic E-state index is 0.593. The fourth-order valence-corrected chi connectivity index (χ4v) is 9.55. The number of hydrogen-bond donors (Lipinski definition) is 0. The van der Waals surface area contributed by atoms with E-state index < -0.39 is 0 Å². The van der Waals surface area contributed by atoms with Crippen LogP contribution in [-0.4, -0.2) is 9.97 Å². The van der Waals surface area contributed by atoms with Crippen LogP contribution in [0.5, 0.6) is 0 Å². The SMILES string of the molecule is Cc1c(-c2csc(/C=C(/C#N)c3ccccc3)n2)sc2sc(-c3csc(/C=C(/C#N)c4ccccc4)n3)c(-c3ccccc3)c12. The van der Waals surface area contributed by atoms with Gasteiger partial charge in [-0.25, -0.2) is 9.97 Å². The molecule has 3 aromatic carbocycles. The van der Waals surface area contributed by atoms with E-state index in [-0.39, 0.29) is 0 Å². The first-order valence-corrected chi connectivity index (χ1v) is 17.4. The Hall–Kier alpha value is -4.96. The van der Waals surface area contributed by atoms with Crippen LogP contribution in [0.4, 0.5) is 0 Å². The molecule has 0 spiro atoms. The maximum absolute atomic E-state index is 9.82. The number of thiophene rings is 2. The summed E-state index contributed by atoms with van der Waals surface area (Å²) in [6.45, 7) is 2.17. The molecule has 4 nitrogen and oxygen atoms in total. The Morgan fingerprint density at radius 3 is 1.62 bits per heavy atom. The smallest absolute Gasteiger partial charge is 0.118 e. The summed E-state index contributed by atoms with van der Waals surface area (Å²) in [7, 11) is 0. The monoisotopic (exact) mass is 650 g/mol. The summed E-state index contributed by atoms with van der Waals surface area (Å²) in [6.07, 6.45) is 3.74. The number of hydrogen-bond acceptors (Lipinski definition) is 8. The molecule has 0 atom stereocenters. The molecule has 214 valence electrons. The summed E-state index contributed by atoms with van der Waals surface area (Å²) in [5, 5.41) is 26.6. The molecule has 4 heterocycles. The third-order valence-corrected chi connectivity index (χ3v) is 11.5. The maximum Gasteiger partial charge on any atom is 0.118 e. The highest BCUT2D eigenvalue weighted by Gasteiger charge is 2.24. The van der Waals surface area contributed by atoms with Crippen LogP contribution in [0.25, 0.3) is 65.0 Å². The minimum Gasteiger partial charge on any atom is -0.236 e. The highest BCUT2D eigenvalue weighted by Crippen LogP contribution is 2.52. The number of aryl methyl sites for hydroxylation is 1. The van der Waals surface area contributed by atoms with Gasteiger partial charge in [-0.15, -0.1) is 45.3 Å². The Morgan fingerprint density at radius 2 is 1.11 bits per heavy atom. The van der Waals surface area contributed by atoms with E-state index in [2.05, 4.69) is 54.1 Å². The van der Waals surface area contributed by atoms with Crippen molar-refractivity contribution in [2.45, 2.75) is 6.92 Å². The maximum atomic E-state index is 9.82. The standard InChI is InChI=1S/C37H22N4S4/c1-23-33-34(26-15-9-4-10-16-26)36(30-22-43-32(41-30)18-28(20-39)25-13-7-3-8-14-25)45-37(33)44-35(23)29-21-42-31(40-29)17-27(19-38)24-11-5-2-6-12-24/h2-18,21-22H,1H3/b27-17-,28-18-. The van der Waals surface area contributed by atoms with Gasteiger partial charge in [-0.1, -0.05) is 91.0 Å². The van der Waals surface area contributed by atoms with Gasteiger partial charge in [0.05, 0.1) is 48.4 Å². The molecule has 45 heavy (non-hydrogen) atoms. The molecule has 0 N–H and O–H groups in total. The normalized spacial score (nSPS) is 11.9. The van der Waals surface area contributed by atoms with Crippen molar-refractivity contribution in [1.29, 1.82) is 10.5 Å². The lowest BCUT2D eigenvalue weighted by atomic mass is 10.00. The minimum absolute atomic E-state index is 0.593. The molecular weight excluding hydrogens is 629 g/mol. The molecule has 0 aliphatic carbocycles. The average molecular weight is 651 g/mol. The second-order valence-corrected chi connectivity index (χ2v) is 14.2. The van der Waals surface area contributed by atoms with Crippen molar-refractivity contribution < 1.29 is 0 Å². The van der Waals surface area contributed by atoms with Crippen molar-refractivity contribution >= 4 is 78.0 Å². The van der Waals surface area contributed by atoms with Crippen LogP contribution in [-0.2, 0) is 0 Å². The van der Waals surface area contributed by atoms with Crippen LogP contribution in [0.15, 0.2) is 102 Å². The lowest BCUT2D eigenvalue weighted by Crippen LogP contribution is -1.84. The lowest BCUT2D eigenvalue weighted by Gasteiger charge is -2.05. The van der Waals surface area contributed by atoms with Crippen LogP contribution in [0.1, 0.15) is 26.7 Å². The molecule has 4 aromatic heterocycles. The topological polar surface area (TPSA) is 73.4 Å². The molecule has 0 saturated heterocycles. The number of benzene rings is 3. The predicted octanol–water partition coefficient (Wildman–Crippen LogP) is 11.3. The summed E-state index contributed by atoms with van der Waals surface area (Å²) >= 11 is 6.60. The van der Waals surface area contributed by atoms with Crippen LogP contribution in [0.2, 0.25) is 0 Å². The van der Waals surface area contributed by atoms with Crippen molar-refractivity contribution in [1.82, 2.24) is 9.97 Å². The van der Waals surface area contributed by atoms with Gasteiger partial charge in [0, 0.05) is 21.7 Å². The molecular formula is C37H22N4S4. The summed E-state index contributed by atoms with van der Waals surface area (Å²) in [5.41, 5.74) is 8.29. The van der Waals surface area contributed by atoms with Crippen LogP contribution >= 0.6 is 45.3 Å². The average Bonchev–Trinajstić information content (AvgIpc) is 3.89. The van der Waals surface area contributed by atoms with Crippen molar-refractivity contribution in [2.75, 3.05) is 0 Å². The summed E-state index contributed by atoms with van der Waals surface area (Å²) < 4.78 is 1.22. The van der Waals surface area contributed by atoms with Gasteiger partial charge in [-0.2, -0.15) is 10.5 Å². The van der Waals surface area contributed by atoms with Gasteiger partial charge < -0.3 is 0 Å². The number of aromatic nitrogens is 2. The number of fused-ring (bicyclic) bond motifs is 1. The molecule has 0 unspecified atom stereocenters. The lowest BCUT2D eigenvalue weighted by molar-refractivity contribution is 1.39. The zero-order valence-electron chi connectivity index (χ0n) is 23.9. The fraction of sp³-hybridized carbons (Fsp3) is 0.0270. The highest BCUT2D eigenvalue weighted by atomic mass is 32.2. The van der Waals surface area contributed by atoms with Gasteiger partial charge in [0.25, 0.3) is 0 Å². The Bertz CT molecular complexity index is 2290. The van der Waals surface area contributed by atoms with Gasteiger partial charge in [-0.3, -0.25) is 0 Å². The Balaban J connectivity index is 1.30. The van der Waals surface area contributed by atoms with E-state index in [0.29, 0.717) is 11.1 Å². The second kappa shape index (κ2) is 12.6. The van der Waals surface area contributed by atoms with Crippen LogP contribution in [0.3, 0.4) is 0 Å². The van der Waals surface area contributed by atoms with Crippen molar-refractivity contribution in [2.24, 2.45) is 0 Å². The van der Waals surface area contributed by atoms with Crippen molar-refractivity contribution in [3.8, 4) is 44.4 Å².